The van der Waals surface area contributed by atoms with Crippen molar-refractivity contribution < 1.29 is 24.5 Å². The summed E-state index contributed by atoms with van der Waals surface area (Å²) in [6.07, 6.45) is 3.80. The minimum Gasteiger partial charge on any atom is -0.501 e. The Morgan fingerprint density at radius 1 is 0.596 bits per heavy atom. The normalized spacial score (nSPS) is 11.3. The van der Waals surface area contributed by atoms with Crippen molar-refractivity contribution in [3.05, 3.63) is 188 Å². The van der Waals surface area contributed by atoms with Crippen molar-refractivity contribution in [3.63, 3.8) is 0 Å². The van der Waals surface area contributed by atoms with E-state index in [2.05, 4.69) is 143 Å². The molecule has 0 aliphatic carbocycles. The van der Waals surface area contributed by atoms with Gasteiger partial charge in [-0.05, 0) is 40.2 Å². The van der Waals surface area contributed by atoms with Gasteiger partial charge in [0.05, 0.1) is 30.7 Å². The second-order valence-corrected chi connectivity index (χ2v) is 19.8. The molecule has 0 aliphatic heterocycles. The van der Waals surface area contributed by atoms with Crippen LogP contribution in [0.4, 0.5) is 0 Å². The Hall–Kier alpha value is -6.24. The monoisotopic (exact) mass is 931 g/mol. The first kappa shape index (κ1) is 37.7. The fourth-order valence-electron chi connectivity index (χ4n) is 7.20. The summed E-state index contributed by atoms with van der Waals surface area (Å²) in [7, 11) is -1.23. The molecule has 0 fully saturated rings. The van der Waals surface area contributed by atoms with Crippen molar-refractivity contribution >= 4 is 46.4 Å². The average molecular weight is 931 g/mol. The van der Waals surface area contributed by atoms with Crippen LogP contribution in [0.2, 0.25) is 19.6 Å². The Kier molecular flexibility index (Phi) is 10.6. The standard InChI is InChI=1S/C36H22N3O.C14H16NSi.Ir/c1-3-12-24(13-4-1)26-17-9-18-27(25-14-5-2-6-15-25)33(26)39-31-21-11-23-37-35(31)38-36(39)30-20-10-19-29-28-16-7-8-22-32(28)40-34(29)30;1-16(2,3)13-9-10-14(15-11-13)12-7-5-4-6-8-12;/h1-19,21-23H;4-7,9-11H,1-3H3;/q2*-1;. The predicted octanol–water partition coefficient (Wildman–Crippen LogP) is 12.2. The Balaban J connectivity index is 0.000000226. The van der Waals surface area contributed by atoms with E-state index in [1.54, 1.807) is 6.20 Å². The summed E-state index contributed by atoms with van der Waals surface area (Å²) in [5.74, 6) is 0.735. The molecule has 0 bridgehead atoms. The second kappa shape index (κ2) is 16.1. The molecule has 1 radical (unpaired) electrons. The van der Waals surface area contributed by atoms with Gasteiger partial charge in [0, 0.05) is 49.0 Å². The molecule has 0 amide bonds. The van der Waals surface area contributed by atoms with E-state index in [0.717, 1.165) is 78.0 Å². The fourth-order valence-corrected chi connectivity index (χ4v) is 8.23. The van der Waals surface area contributed by atoms with Gasteiger partial charge in [0.25, 0.3) is 0 Å². The largest absolute Gasteiger partial charge is 0.501 e. The van der Waals surface area contributed by atoms with Crippen molar-refractivity contribution in [1.29, 1.82) is 0 Å². The van der Waals surface area contributed by atoms with Gasteiger partial charge < -0.3 is 14.0 Å². The molecule has 4 aromatic heterocycles. The SMILES string of the molecule is C[Si](C)(C)c1ccc(-c2[c-]cccc2)nc1.[Ir].[c-]1ccc2c(oc3ccccc32)c1-c1nc2ncccc2n1-c1c(-c2ccccc2)cccc1-c1ccccc1. The zero-order valence-corrected chi connectivity index (χ0v) is 35.2. The van der Waals surface area contributed by atoms with Crippen LogP contribution in [0.15, 0.2) is 181 Å². The number of hydrogen-bond acceptors (Lipinski definition) is 4. The van der Waals surface area contributed by atoms with E-state index >= 15 is 0 Å². The number of para-hydroxylation sites is 2. The van der Waals surface area contributed by atoms with Crippen molar-refractivity contribution in [2.24, 2.45) is 0 Å². The van der Waals surface area contributed by atoms with Crippen LogP contribution in [0.5, 0.6) is 0 Å². The molecule has 0 saturated carbocycles. The predicted molar refractivity (Wildman–Crippen MR) is 233 cm³/mol. The van der Waals surface area contributed by atoms with E-state index in [9.17, 15) is 0 Å². The summed E-state index contributed by atoms with van der Waals surface area (Å²) in [4.78, 5) is 14.3. The number of hydrogen-bond donors (Lipinski definition) is 0. The summed E-state index contributed by atoms with van der Waals surface area (Å²) in [6, 6.07) is 62.6. The van der Waals surface area contributed by atoms with Crippen molar-refractivity contribution in [3.8, 4) is 50.6 Å². The maximum absolute atomic E-state index is 6.45. The van der Waals surface area contributed by atoms with E-state index in [4.69, 9.17) is 9.40 Å². The van der Waals surface area contributed by atoms with Crippen LogP contribution in [0, 0.1) is 12.1 Å². The van der Waals surface area contributed by atoms with Crippen LogP contribution in [0.1, 0.15) is 0 Å². The van der Waals surface area contributed by atoms with Gasteiger partial charge in [-0.1, -0.05) is 140 Å². The smallest absolute Gasteiger partial charge is 0.168 e. The first-order valence-electron chi connectivity index (χ1n) is 18.8. The van der Waals surface area contributed by atoms with Gasteiger partial charge in [0.2, 0.25) is 0 Å². The third-order valence-corrected chi connectivity index (χ3v) is 12.1. The first-order chi connectivity index (χ1) is 27.4. The topological polar surface area (TPSA) is 56.7 Å². The van der Waals surface area contributed by atoms with Gasteiger partial charge in [0.15, 0.2) is 5.65 Å². The number of furan rings is 1. The van der Waals surface area contributed by atoms with Crippen molar-refractivity contribution in [1.82, 2.24) is 19.5 Å². The summed E-state index contributed by atoms with van der Waals surface area (Å²) in [5, 5.41) is 3.51. The third kappa shape index (κ3) is 7.41. The molecule has 0 spiro atoms. The van der Waals surface area contributed by atoms with E-state index in [1.165, 1.54) is 5.19 Å². The van der Waals surface area contributed by atoms with Crippen LogP contribution in [0.25, 0.3) is 83.7 Å². The molecule has 0 atom stereocenters. The van der Waals surface area contributed by atoms with Crippen LogP contribution in [-0.2, 0) is 20.1 Å². The van der Waals surface area contributed by atoms with E-state index in [1.807, 2.05) is 72.9 Å². The average Bonchev–Trinajstić information content (AvgIpc) is 3.83. The van der Waals surface area contributed by atoms with E-state index in [-0.39, 0.29) is 20.1 Å². The van der Waals surface area contributed by atoms with Crippen LogP contribution in [-0.4, -0.2) is 27.6 Å². The maximum Gasteiger partial charge on any atom is 0.168 e. The van der Waals surface area contributed by atoms with E-state index < -0.39 is 8.07 Å². The summed E-state index contributed by atoms with van der Waals surface area (Å²) in [6.45, 7) is 7.00. The minimum absolute atomic E-state index is 0. The summed E-state index contributed by atoms with van der Waals surface area (Å²) >= 11 is 0. The number of rotatable bonds is 6. The molecule has 10 rings (SSSR count). The molecule has 279 valence electrons. The van der Waals surface area contributed by atoms with Crippen LogP contribution >= 0.6 is 0 Å². The molecule has 57 heavy (non-hydrogen) atoms. The molecule has 10 aromatic rings. The number of imidazole rings is 1. The Morgan fingerprint density at radius 3 is 1.96 bits per heavy atom. The number of nitrogens with zero attached hydrogens (tertiary/aromatic N) is 4. The third-order valence-electron chi connectivity index (χ3n) is 10.0. The minimum atomic E-state index is -1.23. The molecule has 5 nitrogen and oxygen atoms in total. The molecule has 0 unspecified atom stereocenters. The summed E-state index contributed by atoms with van der Waals surface area (Å²) in [5.41, 5.74) is 11.5. The van der Waals surface area contributed by atoms with E-state index in [0.29, 0.717) is 5.65 Å². The molecular formula is C50H38IrN4OSi-2. The van der Waals surface area contributed by atoms with Gasteiger partial charge in [0.1, 0.15) is 5.58 Å². The zero-order valence-electron chi connectivity index (χ0n) is 31.8. The van der Waals surface area contributed by atoms with Gasteiger partial charge >= 0.3 is 0 Å². The summed E-state index contributed by atoms with van der Waals surface area (Å²) < 4.78 is 8.68. The number of pyridine rings is 2. The number of benzene rings is 6. The molecular weight excluding hydrogens is 893 g/mol. The Morgan fingerprint density at radius 2 is 1.30 bits per heavy atom. The number of aromatic nitrogens is 4. The van der Waals surface area contributed by atoms with Crippen molar-refractivity contribution in [2.45, 2.75) is 19.6 Å². The van der Waals surface area contributed by atoms with Crippen LogP contribution in [0.3, 0.4) is 0 Å². The molecule has 4 heterocycles. The zero-order chi connectivity index (χ0) is 38.1. The van der Waals surface area contributed by atoms with Gasteiger partial charge in [-0.3, -0.25) is 4.98 Å². The fraction of sp³-hybridized carbons (Fsp3) is 0.0600. The number of fused-ring (bicyclic) bond motifs is 4. The maximum atomic E-state index is 6.45. The van der Waals surface area contributed by atoms with Gasteiger partial charge in [-0.2, -0.15) is 0 Å². The Bertz CT molecular complexity index is 2880. The van der Waals surface area contributed by atoms with Gasteiger partial charge in [-0.15, -0.1) is 54.1 Å². The quantitative estimate of drug-likeness (QED) is 0.123. The second-order valence-electron chi connectivity index (χ2n) is 14.7. The molecule has 0 N–H and O–H groups in total. The van der Waals surface area contributed by atoms with Gasteiger partial charge in [-0.25, -0.2) is 4.98 Å². The molecule has 0 aliphatic rings. The first-order valence-corrected chi connectivity index (χ1v) is 22.3. The Labute approximate surface area is 347 Å². The molecule has 7 heteroatoms. The van der Waals surface area contributed by atoms with Crippen LogP contribution < -0.4 is 5.19 Å². The molecule has 6 aromatic carbocycles. The molecule has 0 saturated heterocycles. The van der Waals surface area contributed by atoms with Crippen molar-refractivity contribution in [2.75, 3.05) is 0 Å².